The van der Waals surface area contributed by atoms with Gasteiger partial charge in [-0.1, -0.05) is 0 Å². The second-order valence-electron chi connectivity index (χ2n) is 3.79. The average Bonchev–Trinajstić information content (AvgIpc) is 2.77. The van der Waals surface area contributed by atoms with Crippen molar-refractivity contribution in [3.63, 3.8) is 0 Å². The number of rotatable bonds is 3. The molecule has 1 fully saturated rings. The molecule has 2 heterocycles. The molecule has 0 aromatic carbocycles. The standard InChI is InChI=1S/C10H11N3O4/c14-10(15)8-4-2-6-12(8)7-3-1-5-11-9(7)13(16)17/h1,3,5,8H,2,4,6H2,(H,14,15)/t8-/m0/s1. The Morgan fingerprint density at radius 1 is 1.65 bits per heavy atom. The van der Waals surface area contributed by atoms with E-state index in [0.717, 1.165) is 0 Å². The topological polar surface area (TPSA) is 96.6 Å². The summed E-state index contributed by atoms with van der Waals surface area (Å²) in [6.45, 7) is 0.503. The predicted molar refractivity (Wildman–Crippen MR) is 58.9 cm³/mol. The van der Waals surface area contributed by atoms with Gasteiger partial charge in [0.25, 0.3) is 0 Å². The van der Waals surface area contributed by atoms with Crippen LogP contribution in [0.5, 0.6) is 0 Å². The molecule has 0 spiro atoms. The van der Waals surface area contributed by atoms with Crippen LogP contribution in [-0.2, 0) is 4.79 Å². The Hall–Kier alpha value is -2.18. The molecule has 1 saturated heterocycles. The second kappa shape index (κ2) is 4.36. The number of hydrogen-bond acceptors (Lipinski definition) is 5. The van der Waals surface area contributed by atoms with Crippen LogP contribution in [0.3, 0.4) is 0 Å². The molecule has 1 aromatic rings. The van der Waals surface area contributed by atoms with E-state index in [1.165, 1.54) is 17.2 Å². The van der Waals surface area contributed by atoms with Crippen LogP contribution >= 0.6 is 0 Å². The van der Waals surface area contributed by atoms with Crippen LogP contribution in [0, 0.1) is 10.1 Å². The van der Waals surface area contributed by atoms with Gasteiger partial charge in [0, 0.05) is 6.54 Å². The summed E-state index contributed by atoms with van der Waals surface area (Å²) in [5, 5.41) is 19.9. The molecular weight excluding hydrogens is 226 g/mol. The zero-order valence-electron chi connectivity index (χ0n) is 8.94. The van der Waals surface area contributed by atoms with Gasteiger partial charge < -0.3 is 20.1 Å². The molecule has 1 N–H and O–H groups in total. The fraction of sp³-hybridized carbons (Fsp3) is 0.400. The summed E-state index contributed by atoms with van der Waals surface area (Å²) in [6.07, 6.45) is 2.54. The van der Waals surface area contributed by atoms with Crippen LogP contribution in [0.1, 0.15) is 12.8 Å². The number of anilines is 1. The van der Waals surface area contributed by atoms with Crippen LogP contribution in [0.25, 0.3) is 0 Å². The Morgan fingerprint density at radius 2 is 2.41 bits per heavy atom. The van der Waals surface area contributed by atoms with E-state index in [1.54, 1.807) is 6.07 Å². The first-order chi connectivity index (χ1) is 8.11. The fourth-order valence-corrected chi connectivity index (χ4v) is 2.07. The van der Waals surface area contributed by atoms with Gasteiger partial charge in [-0.15, -0.1) is 0 Å². The highest BCUT2D eigenvalue weighted by Gasteiger charge is 2.34. The summed E-state index contributed by atoms with van der Waals surface area (Å²) in [5.74, 6) is -1.25. The molecule has 0 radical (unpaired) electrons. The highest BCUT2D eigenvalue weighted by Crippen LogP contribution is 2.31. The minimum atomic E-state index is -0.958. The van der Waals surface area contributed by atoms with E-state index in [4.69, 9.17) is 5.11 Å². The highest BCUT2D eigenvalue weighted by atomic mass is 16.6. The van der Waals surface area contributed by atoms with Crippen molar-refractivity contribution in [2.45, 2.75) is 18.9 Å². The molecule has 1 aliphatic rings. The van der Waals surface area contributed by atoms with Crippen molar-refractivity contribution in [3.8, 4) is 0 Å². The van der Waals surface area contributed by atoms with E-state index >= 15 is 0 Å². The number of carboxylic acid groups (broad SMARTS) is 1. The van der Waals surface area contributed by atoms with E-state index < -0.39 is 16.9 Å². The minimum Gasteiger partial charge on any atom is -0.480 e. The van der Waals surface area contributed by atoms with Crippen molar-refractivity contribution in [1.82, 2.24) is 4.98 Å². The lowest BCUT2D eigenvalue weighted by atomic mass is 10.2. The molecule has 7 heteroatoms. The number of pyridine rings is 1. The van der Waals surface area contributed by atoms with Crippen molar-refractivity contribution in [2.75, 3.05) is 11.4 Å². The van der Waals surface area contributed by atoms with Crippen LogP contribution < -0.4 is 4.90 Å². The van der Waals surface area contributed by atoms with Crippen molar-refractivity contribution >= 4 is 17.5 Å². The monoisotopic (exact) mass is 237 g/mol. The van der Waals surface area contributed by atoms with Gasteiger partial charge in [0.2, 0.25) is 0 Å². The van der Waals surface area contributed by atoms with Gasteiger partial charge in [0.1, 0.15) is 17.9 Å². The Kier molecular flexibility index (Phi) is 2.90. The Bertz CT molecular complexity index is 463. The lowest BCUT2D eigenvalue weighted by molar-refractivity contribution is -0.388. The van der Waals surface area contributed by atoms with Crippen LogP contribution in [0.15, 0.2) is 18.3 Å². The molecule has 90 valence electrons. The molecule has 1 aromatic heterocycles. The zero-order chi connectivity index (χ0) is 12.4. The smallest absolute Gasteiger partial charge is 0.387 e. The third-order valence-corrected chi connectivity index (χ3v) is 2.79. The number of hydrogen-bond donors (Lipinski definition) is 1. The number of carboxylic acids is 1. The van der Waals surface area contributed by atoms with Gasteiger partial charge in [-0.25, -0.2) is 4.79 Å². The van der Waals surface area contributed by atoms with Gasteiger partial charge in [0.15, 0.2) is 0 Å². The number of carbonyl (C=O) groups is 1. The summed E-state index contributed by atoms with van der Waals surface area (Å²) < 4.78 is 0. The number of aromatic nitrogens is 1. The lowest BCUT2D eigenvalue weighted by Crippen LogP contribution is -2.36. The zero-order valence-corrected chi connectivity index (χ0v) is 8.94. The van der Waals surface area contributed by atoms with Crippen molar-refractivity contribution in [2.24, 2.45) is 0 Å². The van der Waals surface area contributed by atoms with Gasteiger partial charge >= 0.3 is 11.8 Å². The van der Waals surface area contributed by atoms with Crippen LogP contribution in [0.2, 0.25) is 0 Å². The minimum absolute atomic E-state index is 0.280. The molecule has 2 rings (SSSR count). The molecule has 0 bridgehead atoms. The normalized spacial score (nSPS) is 19.3. The van der Waals surface area contributed by atoms with Gasteiger partial charge in [-0.2, -0.15) is 0 Å². The molecule has 17 heavy (non-hydrogen) atoms. The molecule has 7 nitrogen and oxygen atoms in total. The Morgan fingerprint density at radius 3 is 3.06 bits per heavy atom. The van der Waals surface area contributed by atoms with Crippen LogP contribution in [-0.4, -0.2) is 33.6 Å². The second-order valence-corrected chi connectivity index (χ2v) is 3.79. The number of nitro groups is 1. The van der Waals surface area contributed by atoms with E-state index in [2.05, 4.69) is 4.98 Å². The maximum atomic E-state index is 11.0. The maximum absolute atomic E-state index is 11.0. The Balaban J connectivity index is 2.39. The summed E-state index contributed by atoms with van der Waals surface area (Å²) >= 11 is 0. The third-order valence-electron chi connectivity index (χ3n) is 2.79. The van der Waals surface area contributed by atoms with E-state index in [9.17, 15) is 14.9 Å². The average molecular weight is 237 g/mol. The quantitative estimate of drug-likeness (QED) is 0.623. The van der Waals surface area contributed by atoms with Gasteiger partial charge in [-0.3, -0.25) is 0 Å². The molecule has 0 saturated carbocycles. The molecular formula is C10H11N3O4. The number of aliphatic carboxylic acids is 1. The van der Waals surface area contributed by atoms with Crippen molar-refractivity contribution < 1.29 is 14.8 Å². The SMILES string of the molecule is O=C(O)[C@@H]1CCCN1c1cccnc1[N+](=O)[O-]. The first-order valence-electron chi connectivity index (χ1n) is 5.20. The summed E-state index contributed by atoms with van der Waals surface area (Å²) in [4.78, 5) is 26.5. The summed E-state index contributed by atoms with van der Waals surface area (Å²) in [7, 11) is 0. The van der Waals surface area contributed by atoms with Crippen molar-refractivity contribution in [1.29, 1.82) is 0 Å². The predicted octanol–water partition coefficient (Wildman–Crippen LogP) is 1.04. The lowest BCUT2D eigenvalue weighted by Gasteiger charge is -2.22. The first-order valence-corrected chi connectivity index (χ1v) is 5.20. The first kappa shape index (κ1) is 11.3. The molecule has 0 aliphatic carbocycles. The maximum Gasteiger partial charge on any atom is 0.387 e. The molecule has 0 unspecified atom stereocenters. The van der Waals surface area contributed by atoms with E-state index in [0.29, 0.717) is 19.4 Å². The van der Waals surface area contributed by atoms with Crippen LogP contribution in [0.4, 0.5) is 11.5 Å². The number of nitrogens with zero attached hydrogens (tertiary/aromatic N) is 3. The van der Waals surface area contributed by atoms with E-state index in [-0.39, 0.29) is 11.5 Å². The highest BCUT2D eigenvalue weighted by molar-refractivity contribution is 5.80. The van der Waals surface area contributed by atoms with Crippen molar-refractivity contribution in [3.05, 3.63) is 28.4 Å². The Labute approximate surface area is 96.8 Å². The van der Waals surface area contributed by atoms with Gasteiger partial charge in [-0.05, 0) is 34.9 Å². The summed E-state index contributed by atoms with van der Waals surface area (Å²) in [6, 6.07) is 2.41. The molecule has 0 amide bonds. The van der Waals surface area contributed by atoms with E-state index in [1.807, 2.05) is 0 Å². The fourth-order valence-electron chi connectivity index (χ4n) is 2.07. The van der Waals surface area contributed by atoms with Gasteiger partial charge in [0.05, 0.1) is 0 Å². The third kappa shape index (κ3) is 2.03. The molecule has 1 atom stereocenters. The largest absolute Gasteiger partial charge is 0.480 e. The summed E-state index contributed by atoms with van der Waals surface area (Å²) in [5.41, 5.74) is 0.280. The molecule has 1 aliphatic heterocycles.